The molecule has 3 amide bonds. The molecule has 4 rings (SSSR count). The average molecular weight is 557 g/mol. The molecule has 1 aromatic heterocycles. The van der Waals surface area contributed by atoms with E-state index < -0.39 is 29.9 Å². The van der Waals surface area contributed by atoms with Crippen LogP contribution in [0, 0.1) is 0 Å². The number of hydrogen-bond acceptors (Lipinski definition) is 5. The lowest BCUT2D eigenvalue weighted by Gasteiger charge is -2.27. The van der Waals surface area contributed by atoms with Crippen LogP contribution < -0.4 is 15.4 Å². The number of pyridine rings is 1. The third-order valence-electron chi connectivity index (χ3n) is 6.41. The molecule has 0 saturated carbocycles. The average Bonchev–Trinajstić information content (AvgIpc) is 3.00. The van der Waals surface area contributed by atoms with E-state index in [1.807, 2.05) is 0 Å². The first-order chi connectivity index (χ1) is 19.9. The molecule has 3 aromatic carbocycles. The minimum Gasteiger partial charge on any atom is -0.497 e. The van der Waals surface area contributed by atoms with Crippen molar-refractivity contribution < 1.29 is 28.7 Å². The zero-order valence-electron chi connectivity index (χ0n) is 22.2. The van der Waals surface area contributed by atoms with Gasteiger partial charge in [-0.05, 0) is 40.5 Å². The minimum atomic E-state index is -1.53. The molecule has 41 heavy (non-hydrogen) atoms. The van der Waals surface area contributed by atoms with E-state index in [-0.39, 0.29) is 23.9 Å². The fraction of sp³-hybridized carbons (Fsp3) is 0.161. The van der Waals surface area contributed by atoms with Gasteiger partial charge in [0, 0.05) is 19.2 Å². The fourth-order valence-electron chi connectivity index (χ4n) is 4.32. The molecule has 0 saturated heterocycles. The molecule has 4 aromatic rings. The molecule has 1 unspecified atom stereocenters. The Morgan fingerprint density at radius 2 is 1.46 bits per heavy atom. The number of halogens is 1. The Bertz CT molecular complexity index is 1410. The van der Waals surface area contributed by atoms with Crippen molar-refractivity contribution in [2.45, 2.75) is 24.9 Å². The van der Waals surface area contributed by atoms with Gasteiger partial charge in [-0.15, -0.1) is 0 Å². The molecule has 0 aliphatic rings. The number of hydrogen-bond donors (Lipinski definition) is 3. The summed E-state index contributed by atoms with van der Waals surface area (Å²) in [6.45, 7) is 0.0991. The van der Waals surface area contributed by atoms with E-state index in [0.717, 1.165) is 5.56 Å². The van der Waals surface area contributed by atoms with E-state index in [2.05, 4.69) is 15.6 Å². The van der Waals surface area contributed by atoms with E-state index in [1.54, 1.807) is 92.0 Å². The molecule has 0 radical (unpaired) electrons. The second-order valence-electron chi connectivity index (χ2n) is 9.17. The molecule has 0 spiro atoms. The molecule has 0 fully saturated rings. The highest BCUT2D eigenvalue weighted by molar-refractivity contribution is 5.92. The van der Waals surface area contributed by atoms with Crippen LogP contribution in [0.2, 0.25) is 0 Å². The largest absolute Gasteiger partial charge is 0.497 e. The second kappa shape index (κ2) is 13.7. The number of methoxy groups -OCH3 is 1. The van der Waals surface area contributed by atoms with Crippen LogP contribution >= 0.6 is 0 Å². The van der Waals surface area contributed by atoms with Gasteiger partial charge in [0.25, 0.3) is 5.91 Å². The number of rotatable bonds is 11. The molecule has 1 heterocycles. The van der Waals surface area contributed by atoms with Crippen LogP contribution in [-0.4, -0.2) is 46.3 Å². The second-order valence-corrected chi connectivity index (χ2v) is 9.17. The van der Waals surface area contributed by atoms with Crippen molar-refractivity contribution in [1.82, 2.24) is 15.4 Å². The van der Waals surface area contributed by atoms with Crippen LogP contribution in [0.25, 0.3) is 0 Å². The van der Waals surface area contributed by atoms with Crippen LogP contribution in [0.5, 0.6) is 5.75 Å². The number of anilines is 1. The van der Waals surface area contributed by atoms with Crippen molar-refractivity contribution in [2.75, 3.05) is 12.4 Å². The number of aromatic nitrogens is 1. The van der Waals surface area contributed by atoms with Crippen molar-refractivity contribution >= 4 is 23.7 Å². The van der Waals surface area contributed by atoms with E-state index in [0.29, 0.717) is 22.4 Å². The zero-order chi connectivity index (χ0) is 29.2. The molecule has 9 nitrogen and oxygen atoms in total. The van der Waals surface area contributed by atoms with Crippen molar-refractivity contribution in [2.24, 2.45) is 0 Å². The third kappa shape index (κ3) is 7.66. The predicted octanol–water partition coefficient (Wildman–Crippen LogP) is 4.95. The Kier molecular flexibility index (Phi) is 9.61. The summed E-state index contributed by atoms with van der Waals surface area (Å²) in [5.41, 5.74) is 2.34. The number of carboxylic acid groups (broad SMARTS) is 1. The van der Waals surface area contributed by atoms with Crippen LogP contribution in [-0.2, 0) is 22.6 Å². The van der Waals surface area contributed by atoms with Gasteiger partial charge in [-0.3, -0.25) is 14.9 Å². The van der Waals surface area contributed by atoms with E-state index in [4.69, 9.17) is 9.84 Å². The zero-order valence-corrected chi connectivity index (χ0v) is 22.2. The summed E-state index contributed by atoms with van der Waals surface area (Å²) in [6, 6.07) is 26.0. The van der Waals surface area contributed by atoms with Crippen molar-refractivity contribution in [3.05, 3.63) is 126 Å². The molecule has 3 N–H and O–H groups in total. The summed E-state index contributed by atoms with van der Waals surface area (Å²) in [5.74, 6) is -1.87. The number of benzene rings is 3. The number of nitrogens with one attached hydrogen (secondary N) is 2. The summed E-state index contributed by atoms with van der Waals surface area (Å²) in [6.07, 6.45) is -0.151. The molecular weight excluding hydrogens is 527 g/mol. The number of amides is 3. The molecule has 210 valence electrons. The maximum Gasteiger partial charge on any atom is 0.410 e. The van der Waals surface area contributed by atoms with Crippen LogP contribution in [0.4, 0.5) is 15.1 Å². The minimum absolute atomic E-state index is 0.0164. The van der Waals surface area contributed by atoms with Gasteiger partial charge >= 0.3 is 6.09 Å². The van der Waals surface area contributed by atoms with Gasteiger partial charge in [0.15, 0.2) is 0 Å². The summed E-state index contributed by atoms with van der Waals surface area (Å²) < 4.78 is 21.3. The normalized spacial score (nSPS) is 11.4. The van der Waals surface area contributed by atoms with Gasteiger partial charge in [0.05, 0.1) is 13.0 Å². The van der Waals surface area contributed by atoms with Crippen molar-refractivity contribution in [3.63, 3.8) is 0 Å². The monoisotopic (exact) mass is 556 g/mol. The summed E-state index contributed by atoms with van der Waals surface area (Å²) in [7, 11) is 1.55. The van der Waals surface area contributed by atoms with Gasteiger partial charge in [-0.2, -0.15) is 5.12 Å². The van der Waals surface area contributed by atoms with E-state index >= 15 is 4.48 Å². The first-order valence-electron chi connectivity index (χ1n) is 12.8. The smallest absolute Gasteiger partial charge is 0.410 e. The Labute approximate surface area is 236 Å². The van der Waals surface area contributed by atoms with Gasteiger partial charge in [0.1, 0.15) is 17.6 Å². The Balaban J connectivity index is 1.61. The lowest BCUT2D eigenvalue weighted by Crippen LogP contribution is -2.48. The van der Waals surface area contributed by atoms with Crippen LogP contribution in [0.15, 0.2) is 103 Å². The predicted molar refractivity (Wildman–Crippen MR) is 151 cm³/mol. The van der Waals surface area contributed by atoms with Crippen molar-refractivity contribution in [1.29, 1.82) is 0 Å². The highest BCUT2D eigenvalue weighted by Gasteiger charge is 2.36. The molecule has 0 aliphatic carbocycles. The topological polar surface area (TPSA) is 121 Å². The van der Waals surface area contributed by atoms with Gasteiger partial charge in [0.2, 0.25) is 5.91 Å². The Hall–Kier alpha value is -5.25. The van der Waals surface area contributed by atoms with Crippen LogP contribution in [0.1, 0.15) is 28.2 Å². The van der Waals surface area contributed by atoms with Crippen LogP contribution in [0.3, 0.4) is 0 Å². The highest BCUT2D eigenvalue weighted by Crippen LogP contribution is 2.28. The number of ether oxygens (including phenoxy) is 1. The summed E-state index contributed by atoms with van der Waals surface area (Å²) in [5, 5.41) is 13.7. The van der Waals surface area contributed by atoms with Gasteiger partial charge in [-0.1, -0.05) is 83.3 Å². The fourth-order valence-corrected chi connectivity index (χ4v) is 4.32. The van der Waals surface area contributed by atoms with Crippen molar-refractivity contribution in [3.8, 4) is 5.75 Å². The quantitative estimate of drug-likeness (QED) is 0.225. The summed E-state index contributed by atoms with van der Waals surface area (Å²) >= 11 is 0. The molecule has 10 heteroatoms. The molecular formula is C31H29FN4O5. The Morgan fingerprint density at radius 1 is 0.878 bits per heavy atom. The number of carbonyl (C=O) groups is 3. The molecule has 0 aliphatic heterocycles. The summed E-state index contributed by atoms with van der Waals surface area (Å²) in [4.78, 5) is 42.1. The number of carbonyl (C=O) groups excluding carboxylic acids is 2. The van der Waals surface area contributed by atoms with Gasteiger partial charge in [-0.25, -0.2) is 9.78 Å². The third-order valence-corrected chi connectivity index (χ3v) is 6.41. The maximum absolute atomic E-state index is 16.2. The first kappa shape index (κ1) is 28.8. The first-order valence-corrected chi connectivity index (χ1v) is 12.8. The molecule has 0 bridgehead atoms. The Morgan fingerprint density at radius 3 is 1.98 bits per heavy atom. The van der Waals surface area contributed by atoms with Gasteiger partial charge < -0.3 is 15.2 Å². The maximum atomic E-state index is 16.2. The SMILES string of the molecule is COc1ccc(CNC(=O)C(Cc2ccc(NC(=O)O)nc2)N(F)C(=O)C(c2ccccc2)c2ccccc2)cc1. The number of nitrogens with zero attached hydrogens (tertiary/aromatic N) is 2. The lowest BCUT2D eigenvalue weighted by atomic mass is 9.90. The van der Waals surface area contributed by atoms with E-state index in [9.17, 15) is 14.4 Å². The lowest BCUT2D eigenvalue weighted by molar-refractivity contribution is -0.159. The standard InChI is InChI=1S/C31H29FN4O5/c1-41-25-15-12-21(13-16-25)19-34-29(37)26(18-22-14-17-27(33-20-22)35-31(39)40)36(32)30(38)28(23-8-4-2-5-9-23)24-10-6-3-7-11-24/h2-17,20,26,28H,18-19H2,1H3,(H,33,35)(H,34,37)(H,39,40). The molecule has 1 atom stereocenters. The van der Waals surface area contributed by atoms with E-state index in [1.165, 1.54) is 18.3 Å². The highest BCUT2D eigenvalue weighted by atomic mass is 19.2.